The van der Waals surface area contributed by atoms with Crippen molar-refractivity contribution in [3.63, 3.8) is 0 Å². The smallest absolute Gasteiger partial charge is 0.260 e. The van der Waals surface area contributed by atoms with Crippen LogP contribution in [0.25, 0.3) is 0 Å². The molecule has 0 atom stereocenters. The molecule has 1 aromatic carbocycles. The predicted molar refractivity (Wildman–Crippen MR) is 107 cm³/mol. The summed E-state index contributed by atoms with van der Waals surface area (Å²) in [7, 11) is 1.80. The van der Waals surface area contributed by atoms with Gasteiger partial charge in [0.1, 0.15) is 5.01 Å². The molecule has 2 aromatic rings. The van der Waals surface area contributed by atoms with Crippen molar-refractivity contribution in [1.82, 2.24) is 10.2 Å². The molecule has 4 bridgehead atoms. The van der Waals surface area contributed by atoms with Crippen LogP contribution >= 0.6 is 27.3 Å². The Hall–Kier alpha value is -1.27. The van der Waals surface area contributed by atoms with Gasteiger partial charge in [-0.15, -0.1) is 10.2 Å². The van der Waals surface area contributed by atoms with Gasteiger partial charge in [0, 0.05) is 16.9 Å². The van der Waals surface area contributed by atoms with E-state index >= 15 is 0 Å². The molecular formula is C20H22BrN3OS. The lowest BCUT2D eigenvalue weighted by Crippen LogP contribution is -2.48. The van der Waals surface area contributed by atoms with Gasteiger partial charge >= 0.3 is 0 Å². The number of benzene rings is 1. The third-order valence-corrected chi connectivity index (χ3v) is 8.54. The van der Waals surface area contributed by atoms with Crippen LogP contribution in [-0.4, -0.2) is 23.2 Å². The normalized spacial score (nSPS) is 32.0. The minimum Gasteiger partial charge on any atom is -0.286 e. The van der Waals surface area contributed by atoms with Crippen LogP contribution in [0.2, 0.25) is 0 Å². The molecule has 0 saturated heterocycles. The lowest BCUT2D eigenvalue weighted by Gasteiger charge is -2.55. The van der Waals surface area contributed by atoms with E-state index in [2.05, 4.69) is 26.1 Å². The second-order valence-corrected chi connectivity index (χ2v) is 10.2. The van der Waals surface area contributed by atoms with E-state index in [0.29, 0.717) is 10.7 Å². The summed E-state index contributed by atoms with van der Waals surface area (Å²) in [6, 6.07) is 7.52. The van der Waals surface area contributed by atoms with Crippen molar-refractivity contribution < 1.29 is 4.79 Å². The molecule has 136 valence electrons. The van der Waals surface area contributed by atoms with Crippen LogP contribution in [0, 0.1) is 17.8 Å². The molecule has 4 aliphatic carbocycles. The third-order valence-electron chi connectivity index (χ3n) is 6.60. The molecule has 4 aliphatic rings. The van der Waals surface area contributed by atoms with Crippen molar-refractivity contribution in [3.8, 4) is 0 Å². The zero-order chi connectivity index (χ0) is 17.9. The SMILES string of the molecule is CN(C(=O)c1ccccc1Br)c1nnc(C23CC4CC(CC(C4)C2)C3)s1. The molecule has 0 N–H and O–H groups in total. The molecule has 0 unspecified atom stereocenters. The van der Waals surface area contributed by atoms with Crippen molar-refractivity contribution in [2.24, 2.45) is 17.8 Å². The standard InChI is InChI=1S/C20H22BrN3OS/c1-24(17(25)15-4-2-3-5-16(15)21)19-23-22-18(26-19)20-9-12-6-13(10-20)8-14(7-12)11-20/h2-5,12-14H,6-11H2,1H3. The van der Waals surface area contributed by atoms with Crippen molar-refractivity contribution >= 4 is 38.3 Å². The Kier molecular flexibility index (Phi) is 3.98. The van der Waals surface area contributed by atoms with E-state index in [0.717, 1.165) is 22.2 Å². The van der Waals surface area contributed by atoms with Gasteiger partial charge in [0.25, 0.3) is 5.91 Å². The van der Waals surface area contributed by atoms with E-state index < -0.39 is 0 Å². The highest BCUT2D eigenvalue weighted by Crippen LogP contribution is 2.61. The molecule has 4 saturated carbocycles. The van der Waals surface area contributed by atoms with Crippen molar-refractivity contribution in [1.29, 1.82) is 0 Å². The van der Waals surface area contributed by atoms with Gasteiger partial charge in [0.05, 0.1) is 5.56 Å². The number of amides is 1. The first-order valence-corrected chi connectivity index (χ1v) is 11.0. The summed E-state index contributed by atoms with van der Waals surface area (Å²) in [6.07, 6.45) is 8.09. The van der Waals surface area contributed by atoms with E-state index in [1.165, 1.54) is 43.5 Å². The maximum atomic E-state index is 12.9. The van der Waals surface area contributed by atoms with Crippen LogP contribution in [0.1, 0.15) is 53.9 Å². The fourth-order valence-corrected chi connectivity index (χ4v) is 7.32. The van der Waals surface area contributed by atoms with E-state index in [9.17, 15) is 4.79 Å². The number of carbonyl (C=O) groups is 1. The van der Waals surface area contributed by atoms with Crippen molar-refractivity contribution in [3.05, 3.63) is 39.3 Å². The second kappa shape index (κ2) is 6.13. The Bertz CT molecular complexity index is 829. The maximum absolute atomic E-state index is 12.9. The third kappa shape index (κ3) is 2.64. The topological polar surface area (TPSA) is 46.1 Å². The number of hydrogen-bond acceptors (Lipinski definition) is 4. The quantitative estimate of drug-likeness (QED) is 0.682. The highest BCUT2D eigenvalue weighted by molar-refractivity contribution is 9.10. The fourth-order valence-electron chi connectivity index (χ4n) is 5.84. The number of carbonyl (C=O) groups excluding carboxylic acids is 1. The molecule has 0 spiro atoms. The lowest BCUT2D eigenvalue weighted by atomic mass is 9.50. The fraction of sp³-hybridized carbons (Fsp3) is 0.550. The summed E-state index contributed by atoms with van der Waals surface area (Å²) in [5.74, 6) is 2.60. The summed E-state index contributed by atoms with van der Waals surface area (Å²) in [6.45, 7) is 0. The van der Waals surface area contributed by atoms with Gasteiger partial charge in [-0.05, 0) is 84.3 Å². The van der Waals surface area contributed by atoms with Gasteiger partial charge in [0.2, 0.25) is 5.13 Å². The van der Waals surface area contributed by atoms with Crippen molar-refractivity contribution in [2.75, 3.05) is 11.9 Å². The molecule has 6 rings (SSSR count). The maximum Gasteiger partial charge on any atom is 0.260 e. The number of halogens is 1. The average molecular weight is 432 g/mol. The van der Waals surface area contributed by atoms with Gasteiger partial charge in [0.15, 0.2) is 0 Å². The van der Waals surface area contributed by atoms with Crippen LogP contribution in [0.15, 0.2) is 28.7 Å². The summed E-state index contributed by atoms with van der Waals surface area (Å²) in [5, 5.41) is 10.9. The van der Waals surface area contributed by atoms with Crippen LogP contribution < -0.4 is 4.90 Å². The van der Waals surface area contributed by atoms with Crippen LogP contribution in [-0.2, 0) is 5.41 Å². The van der Waals surface area contributed by atoms with Crippen LogP contribution in [0.4, 0.5) is 5.13 Å². The Balaban J connectivity index is 1.42. The van der Waals surface area contributed by atoms with Crippen LogP contribution in [0.5, 0.6) is 0 Å². The largest absolute Gasteiger partial charge is 0.286 e. The second-order valence-electron chi connectivity index (χ2n) is 8.43. The van der Waals surface area contributed by atoms with E-state index in [4.69, 9.17) is 0 Å². The predicted octanol–water partition coefficient (Wildman–Crippen LogP) is 5.05. The number of hydrogen-bond donors (Lipinski definition) is 0. The molecule has 26 heavy (non-hydrogen) atoms. The van der Waals surface area contributed by atoms with Crippen molar-refractivity contribution in [2.45, 2.75) is 43.9 Å². The Morgan fingerprint density at radius 1 is 1.12 bits per heavy atom. The zero-order valence-corrected chi connectivity index (χ0v) is 17.2. The molecule has 1 heterocycles. The van der Waals surface area contributed by atoms with E-state index in [1.54, 1.807) is 23.3 Å². The first-order valence-electron chi connectivity index (χ1n) is 9.41. The number of nitrogens with zero attached hydrogens (tertiary/aromatic N) is 3. The van der Waals surface area contributed by atoms with Gasteiger partial charge in [-0.25, -0.2) is 0 Å². The first kappa shape index (κ1) is 16.9. The molecule has 0 aliphatic heterocycles. The molecule has 4 fully saturated rings. The number of anilines is 1. The Morgan fingerprint density at radius 3 is 2.35 bits per heavy atom. The van der Waals surface area contributed by atoms with Crippen LogP contribution in [0.3, 0.4) is 0 Å². The molecular weight excluding hydrogens is 410 g/mol. The molecule has 4 nitrogen and oxygen atoms in total. The first-order chi connectivity index (χ1) is 12.5. The Labute approximate surface area is 166 Å². The monoisotopic (exact) mass is 431 g/mol. The molecule has 1 amide bonds. The Morgan fingerprint density at radius 2 is 1.73 bits per heavy atom. The average Bonchev–Trinajstić information content (AvgIpc) is 3.11. The van der Waals surface area contributed by atoms with E-state index in [1.807, 2.05) is 24.3 Å². The molecule has 6 heteroatoms. The minimum absolute atomic E-state index is 0.0503. The van der Waals surface area contributed by atoms with Gasteiger partial charge < -0.3 is 0 Å². The van der Waals surface area contributed by atoms with Gasteiger partial charge in [-0.1, -0.05) is 23.5 Å². The van der Waals surface area contributed by atoms with Gasteiger partial charge in [-0.3, -0.25) is 9.69 Å². The highest BCUT2D eigenvalue weighted by Gasteiger charge is 2.53. The van der Waals surface area contributed by atoms with Gasteiger partial charge in [-0.2, -0.15) is 0 Å². The molecule has 0 radical (unpaired) electrons. The number of aromatic nitrogens is 2. The van der Waals surface area contributed by atoms with E-state index in [-0.39, 0.29) is 11.3 Å². The summed E-state index contributed by atoms with van der Waals surface area (Å²) < 4.78 is 0.808. The minimum atomic E-state index is -0.0503. The summed E-state index contributed by atoms with van der Waals surface area (Å²) in [4.78, 5) is 14.5. The lowest BCUT2D eigenvalue weighted by molar-refractivity contribution is -0.00555. The molecule has 1 aromatic heterocycles. The highest BCUT2D eigenvalue weighted by atomic mass is 79.9. The zero-order valence-electron chi connectivity index (χ0n) is 14.8. The summed E-state index contributed by atoms with van der Waals surface area (Å²) in [5.41, 5.74) is 0.892. The number of rotatable bonds is 3. The summed E-state index contributed by atoms with van der Waals surface area (Å²) >= 11 is 5.10.